The van der Waals surface area contributed by atoms with Crippen LogP contribution in [0, 0.1) is 173 Å². The summed E-state index contributed by atoms with van der Waals surface area (Å²) in [4.78, 5) is 58.0. The van der Waals surface area contributed by atoms with Crippen LogP contribution < -0.4 is 42.9 Å². The van der Waals surface area contributed by atoms with Gasteiger partial charge in [-0.1, -0.05) is 137 Å². The Morgan fingerprint density at radius 3 is 1.01 bits per heavy atom. The number of ether oxygens (including phenoxy) is 9. The molecule has 0 aromatic heterocycles. The predicted molar refractivity (Wildman–Crippen MR) is 605 cm³/mol. The Morgan fingerprint density at radius 1 is 0.438 bits per heavy atom. The van der Waals surface area contributed by atoms with E-state index in [1.807, 2.05) is 206 Å². The average molecular weight is 2040 g/mol. The second-order valence-electron chi connectivity index (χ2n) is 49.2. The highest BCUT2D eigenvalue weighted by Crippen LogP contribution is 2.37. The van der Waals surface area contributed by atoms with Gasteiger partial charge in [-0.3, -0.25) is 34.1 Å². The van der Waals surface area contributed by atoms with Crippen molar-refractivity contribution >= 4 is 24.0 Å². The molecule has 3 heterocycles. The van der Waals surface area contributed by atoms with Crippen LogP contribution in [-0.4, -0.2) is 238 Å². The van der Waals surface area contributed by atoms with E-state index in [0.29, 0.717) is 43.2 Å². The molecule has 4 amide bonds. The number of fused-ring (bicyclic) bond motifs is 1. The number of aliphatic hydroxyl groups is 2. The van der Waals surface area contributed by atoms with Gasteiger partial charge in [-0.25, -0.2) is 9.59 Å². The molecule has 5 unspecified atom stereocenters. The van der Waals surface area contributed by atoms with Crippen molar-refractivity contribution in [3.05, 3.63) is 53.1 Å². The van der Waals surface area contributed by atoms with Crippen molar-refractivity contribution < 1.29 is 72.0 Å². The molecular formula is C121H202N10O15. The first-order valence-corrected chi connectivity index (χ1v) is 50.6. The lowest BCUT2D eigenvalue weighted by molar-refractivity contribution is -0.0619. The maximum atomic E-state index is 12.4. The summed E-state index contributed by atoms with van der Waals surface area (Å²) in [5.74, 6) is 62.8. The summed E-state index contributed by atoms with van der Waals surface area (Å²) in [5.41, 5.74) is 26.6. The highest BCUT2D eigenvalue weighted by molar-refractivity contribution is 6.21. The summed E-state index contributed by atoms with van der Waals surface area (Å²) in [7, 11) is 10.4. The number of nitrogens with two attached hydrogens (primary N) is 5. The quantitative estimate of drug-likeness (QED) is 0.0571. The number of likely N-dealkylation sites (N-methyl/N-ethyl adjacent to an activating group) is 1. The molecule has 826 valence electrons. The van der Waals surface area contributed by atoms with Crippen LogP contribution in [0.4, 0.5) is 9.59 Å². The fourth-order valence-corrected chi connectivity index (χ4v) is 10.7. The molecule has 9 atom stereocenters. The zero-order chi connectivity index (χ0) is 115. The number of carbonyl (C=O) groups is 4. The van der Waals surface area contributed by atoms with E-state index in [1.54, 1.807) is 76.5 Å². The number of benzene rings is 2. The van der Waals surface area contributed by atoms with Gasteiger partial charge in [0.05, 0.1) is 126 Å². The molecule has 3 aliphatic heterocycles. The standard InChI is InChI=1S/C21H33NO4.2C16H27NO3.C16H17NO2.C11H21NO.C9H17N.2C8H15NO.2C8H15N/c1-16(9-10-21(2,3)4)22(11-12-23-5)15-18-19(25-7)13-17(24-6)14-20(18)26-8;2*1-14(2,3)10-9-12-11-19-16(7,8)17(12)13(18)20-15(4,5)6;1-11(9-10-16(2,3)4)17-14(18)12-7-5-6-8-13(12)15(17)19;1-11(2,3)7-6-8-12(4)9-10-13-5;1-5-8(10)6-7-9(2,3)4;2*1-8(2,3)5-4-7(9)6-10;2*1-7(9)5-6-8(2,3)4/h13-14,16H,11-12,15H2,1-8H3;2*12H,11H2,1-8H3;5-8,11H,1-4H3;8-10H2,1-5H3;8H,5,10H2,1-4H3;2*7,10H,6,9H2,1-3H3;2*7H,9H2,1-4H3/t;2*12-;;;;2*7-;;/m.10...10../s1. The van der Waals surface area contributed by atoms with E-state index in [1.165, 1.54) is 4.90 Å². The minimum absolute atomic E-state index is 0.00391. The summed E-state index contributed by atoms with van der Waals surface area (Å²) in [6, 6.07) is 9.05. The molecule has 0 radical (unpaired) electrons. The molecule has 2 aromatic carbocycles. The molecule has 2 aromatic rings. The number of hydrogen-bond donors (Lipinski definition) is 7. The van der Waals surface area contributed by atoms with Crippen LogP contribution in [0.2, 0.25) is 0 Å². The van der Waals surface area contributed by atoms with E-state index < -0.39 is 28.7 Å². The van der Waals surface area contributed by atoms with Crippen LogP contribution in [0.15, 0.2) is 36.4 Å². The SMILES string of the molecule is CC(C#CC(C)(C)C)N1C(=O)c2ccccc2C1=O.CC(C)(C)C#C[C@@H](N)CO.CC(C)(C)C#C[C@@H]1COC(C)(C)N1C(=O)OC(C)(C)C.CC(C)(C)C#C[C@H](N)CO.CC(C)(C)C#C[C@H]1COC(C)(C)N1C(=O)OC(C)(C)C.CC(N)C#CC(C)(C)C.CC(N)C#CC(C)(C)C.CCC(N)C#CC(C)(C)C.COCCN(C)CC#CC(C)(C)C.COCCN(Cc1c(OC)cc(OC)cc1OC)C(C)C#CC(C)(C)C. The minimum Gasteiger partial charge on any atom is -0.496 e. The Kier molecular flexibility index (Phi) is 65.8. The van der Waals surface area contributed by atoms with E-state index in [4.69, 9.17) is 81.5 Å². The maximum absolute atomic E-state index is 12.4. The maximum Gasteiger partial charge on any atom is 0.413 e. The molecular weight excluding hydrogens is 1830 g/mol. The third-order valence-corrected chi connectivity index (χ3v) is 17.8. The number of rotatable bonds is 17. The zero-order valence-corrected chi connectivity index (χ0v) is 101. The van der Waals surface area contributed by atoms with Crippen molar-refractivity contribution in [2.45, 2.75) is 402 Å². The van der Waals surface area contributed by atoms with Crippen LogP contribution in [-0.2, 0) is 35.0 Å². The van der Waals surface area contributed by atoms with Crippen molar-refractivity contribution in [2.75, 3.05) is 102 Å². The van der Waals surface area contributed by atoms with Gasteiger partial charge in [0.15, 0.2) is 0 Å². The Morgan fingerprint density at radius 2 is 0.740 bits per heavy atom. The van der Waals surface area contributed by atoms with Crippen LogP contribution >= 0.6 is 0 Å². The van der Waals surface area contributed by atoms with Gasteiger partial charge < -0.3 is 81.5 Å². The van der Waals surface area contributed by atoms with Crippen molar-refractivity contribution in [1.82, 2.24) is 24.5 Å². The second-order valence-corrected chi connectivity index (χ2v) is 49.2. The first-order chi connectivity index (χ1) is 65.8. The van der Waals surface area contributed by atoms with Gasteiger partial charge in [-0.2, -0.15) is 0 Å². The molecule has 0 spiro atoms. The summed E-state index contributed by atoms with van der Waals surface area (Å²) in [6.07, 6.45) is 0.171. The Hall–Kier alpha value is -9.40. The van der Waals surface area contributed by atoms with Gasteiger partial charge >= 0.3 is 12.2 Å². The smallest absolute Gasteiger partial charge is 0.413 e. The Balaban J connectivity index is -0.000000516. The number of amides is 4. The number of carbonyl (C=O) groups excluding carboxylic acids is 4. The summed E-state index contributed by atoms with van der Waals surface area (Å²) in [6.45, 7) is 95.1. The number of hydrogen-bond acceptors (Lipinski definition) is 22. The Bertz CT molecular complexity index is 4650. The zero-order valence-electron chi connectivity index (χ0n) is 101. The molecule has 2 fully saturated rings. The number of imide groups is 1. The van der Waals surface area contributed by atoms with Gasteiger partial charge in [-0.05, 0) is 330 Å². The molecule has 0 bridgehead atoms. The van der Waals surface area contributed by atoms with Crippen molar-refractivity contribution in [3.63, 3.8) is 0 Å². The molecule has 25 nitrogen and oxygen atoms in total. The number of aliphatic hydroxyl groups excluding tert-OH is 2. The largest absolute Gasteiger partial charge is 0.496 e. The van der Waals surface area contributed by atoms with Crippen molar-refractivity contribution in [2.24, 2.45) is 82.8 Å². The molecule has 3 aliphatic rings. The number of nitrogens with zero attached hydrogens (tertiary/aromatic N) is 5. The third kappa shape index (κ3) is 77.0. The average Bonchev–Trinajstić information content (AvgIpc) is 1.64. The van der Waals surface area contributed by atoms with Crippen molar-refractivity contribution in [3.8, 4) is 136 Å². The molecule has 5 rings (SSSR count). The second kappa shape index (κ2) is 66.2. The van der Waals surface area contributed by atoms with Crippen LogP contribution in [0.3, 0.4) is 0 Å². The molecule has 12 N–H and O–H groups in total. The summed E-state index contributed by atoms with van der Waals surface area (Å²) in [5, 5.41) is 17.0. The first kappa shape index (κ1) is 145. The molecule has 0 saturated carbocycles. The monoisotopic (exact) mass is 2040 g/mol. The first-order valence-electron chi connectivity index (χ1n) is 50.6. The summed E-state index contributed by atoms with van der Waals surface area (Å²) >= 11 is 0. The van der Waals surface area contributed by atoms with Crippen LogP contribution in [0.1, 0.15) is 344 Å². The molecule has 25 heteroatoms. The normalized spacial score (nSPS) is 15.9. The topological polar surface area (TPSA) is 338 Å². The van der Waals surface area contributed by atoms with E-state index >= 15 is 0 Å². The minimum atomic E-state index is -0.695. The van der Waals surface area contributed by atoms with E-state index in [9.17, 15) is 19.2 Å². The van der Waals surface area contributed by atoms with Gasteiger partial charge in [0.25, 0.3) is 11.8 Å². The lowest BCUT2D eigenvalue weighted by Gasteiger charge is -2.33. The summed E-state index contributed by atoms with van der Waals surface area (Å²) < 4.78 is 49.0. The number of methoxy groups -OCH3 is 5. The fraction of sp³-hybridized carbons (Fsp3) is 0.702. The highest BCUT2D eigenvalue weighted by Gasteiger charge is 2.47. The molecule has 2 saturated heterocycles. The predicted octanol–water partition coefficient (Wildman–Crippen LogP) is 20.0. The van der Waals surface area contributed by atoms with Crippen molar-refractivity contribution in [1.29, 1.82) is 0 Å². The van der Waals surface area contributed by atoms with Crippen LogP contribution in [0.25, 0.3) is 0 Å². The molecule has 0 aliphatic carbocycles. The fourth-order valence-electron chi connectivity index (χ4n) is 10.7. The van der Waals surface area contributed by atoms with Gasteiger partial charge in [0, 0.05) is 100 Å². The van der Waals surface area contributed by atoms with E-state index in [-0.39, 0.29) is 140 Å². The van der Waals surface area contributed by atoms with E-state index in [0.717, 1.165) is 49.7 Å². The lowest BCUT2D eigenvalue weighted by atomic mass is 9.97. The third-order valence-electron chi connectivity index (χ3n) is 17.8. The van der Waals surface area contributed by atoms with Gasteiger partial charge in [0.2, 0.25) is 0 Å². The molecule has 146 heavy (non-hydrogen) atoms. The van der Waals surface area contributed by atoms with Crippen LogP contribution in [0.5, 0.6) is 17.2 Å². The lowest BCUT2D eigenvalue weighted by Crippen LogP contribution is -2.49. The van der Waals surface area contributed by atoms with E-state index in [2.05, 4.69) is 246 Å². The van der Waals surface area contributed by atoms with Gasteiger partial charge in [-0.15, -0.1) is 0 Å². The Labute approximate surface area is 890 Å². The highest BCUT2D eigenvalue weighted by atomic mass is 16.6. The van der Waals surface area contributed by atoms with Gasteiger partial charge in [0.1, 0.15) is 52.0 Å².